The Morgan fingerprint density at radius 1 is 1.36 bits per heavy atom. The summed E-state index contributed by atoms with van der Waals surface area (Å²) in [5, 5.41) is 18.7. The van der Waals surface area contributed by atoms with Crippen molar-refractivity contribution in [1.82, 2.24) is 9.80 Å². The molecule has 0 aromatic carbocycles. The Morgan fingerprint density at radius 2 is 2.09 bits per heavy atom. The van der Waals surface area contributed by atoms with Gasteiger partial charge in [-0.1, -0.05) is 6.92 Å². The van der Waals surface area contributed by atoms with Crippen LogP contribution in [0.15, 0.2) is 12.1 Å². The number of hydrogen-bond donors (Lipinski definition) is 2. The maximum absolute atomic E-state index is 12.5. The largest absolute Gasteiger partial charge is 0.396 e. The minimum atomic E-state index is 0.0734. The van der Waals surface area contributed by atoms with E-state index in [2.05, 4.69) is 11.8 Å². The first-order chi connectivity index (χ1) is 10.6. The summed E-state index contributed by atoms with van der Waals surface area (Å²) in [6.07, 6.45) is 0. The molecule has 0 radical (unpaired) electrons. The van der Waals surface area contributed by atoms with Gasteiger partial charge in [-0.2, -0.15) is 0 Å². The van der Waals surface area contributed by atoms with Crippen molar-refractivity contribution in [2.45, 2.75) is 13.8 Å². The van der Waals surface area contributed by atoms with E-state index in [9.17, 15) is 9.90 Å². The Labute approximate surface area is 136 Å². The van der Waals surface area contributed by atoms with E-state index in [1.165, 1.54) is 11.3 Å². The molecule has 1 fully saturated rings. The minimum absolute atomic E-state index is 0.0734. The number of rotatable bonds is 7. The maximum Gasteiger partial charge on any atom is 0.263 e. The summed E-state index contributed by atoms with van der Waals surface area (Å²) in [5.41, 5.74) is 0. The lowest BCUT2D eigenvalue weighted by atomic mass is 9.96. The van der Waals surface area contributed by atoms with Gasteiger partial charge in [-0.15, -0.1) is 11.3 Å². The summed E-state index contributed by atoms with van der Waals surface area (Å²) in [7, 11) is 0. The lowest BCUT2D eigenvalue weighted by Crippen LogP contribution is -2.36. The van der Waals surface area contributed by atoms with Gasteiger partial charge in [0.15, 0.2) is 0 Å². The molecular weight excluding hydrogens is 300 g/mol. The fourth-order valence-corrected chi connectivity index (χ4v) is 3.91. The van der Waals surface area contributed by atoms with E-state index in [-0.39, 0.29) is 31.0 Å². The highest BCUT2D eigenvalue weighted by atomic mass is 32.1. The molecule has 1 amide bonds. The van der Waals surface area contributed by atoms with Gasteiger partial charge in [0.1, 0.15) is 0 Å². The Balaban J connectivity index is 2.00. The molecule has 0 aliphatic carbocycles. The van der Waals surface area contributed by atoms with Crippen LogP contribution in [0.5, 0.6) is 0 Å². The molecule has 0 saturated carbocycles. The van der Waals surface area contributed by atoms with Gasteiger partial charge >= 0.3 is 0 Å². The van der Waals surface area contributed by atoms with Crippen molar-refractivity contribution >= 4 is 17.2 Å². The van der Waals surface area contributed by atoms with Gasteiger partial charge < -0.3 is 20.0 Å². The molecule has 0 bridgehead atoms. The average Bonchev–Trinajstić information content (AvgIpc) is 3.12. The molecule has 0 unspecified atom stereocenters. The minimum Gasteiger partial charge on any atom is -0.396 e. The van der Waals surface area contributed by atoms with Gasteiger partial charge in [0, 0.05) is 43.6 Å². The van der Waals surface area contributed by atoms with Crippen molar-refractivity contribution in [3.8, 4) is 0 Å². The first kappa shape index (κ1) is 17.4. The Bertz CT molecular complexity index is 491. The molecule has 2 atom stereocenters. The summed E-state index contributed by atoms with van der Waals surface area (Å²) in [4.78, 5) is 18.5. The van der Waals surface area contributed by atoms with Crippen LogP contribution in [0.4, 0.5) is 0 Å². The second-order valence-electron chi connectivity index (χ2n) is 5.94. The van der Waals surface area contributed by atoms with Gasteiger partial charge in [-0.25, -0.2) is 0 Å². The zero-order chi connectivity index (χ0) is 16.1. The molecule has 1 aliphatic rings. The highest BCUT2D eigenvalue weighted by molar-refractivity contribution is 7.13. The summed E-state index contributed by atoms with van der Waals surface area (Å²) in [6.45, 7) is 7.94. The lowest BCUT2D eigenvalue weighted by Gasteiger charge is -2.25. The molecule has 6 heteroatoms. The number of carbonyl (C=O) groups is 1. The van der Waals surface area contributed by atoms with Gasteiger partial charge in [-0.3, -0.25) is 4.79 Å². The predicted molar refractivity (Wildman–Crippen MR) is 88.2 cm³/mol. The van der Waals surface area contributed by atoms with Crippen molar-refractivity contribution in [3.63, 3.8) is 0 Å². The molecule has 0 spiro atoms. The van der Waals surface area contributed by atoms with Gasteiger partial charge in [0.2, 0.25) is 0 Å². The average molecular weight is 326 g/mol. The molecule has 1 aromatic rings. The molecule has 1 aromatic heterocycles. The highest BCUT2D eigenvalue weighted by Crippen LogP contribution is 2.27. The van der Waals surface area contributed by atoms with E-state index >= 15 is 0 Å². The molecule has 2 heterocycles. The van der Waals surface area contributed by atoms with Crippen LogP contribution >= 0.6 is 11.3 Å². The van der Waals surface area contributed by atoms with Crippen LogP contribution in [0.2, 0.25) is 0 Å². The van der Waals surface area contributed by atoms with Crippen LogP contribution in [-0.2, 0) is 0 Å². The summed E-state index contributed by atoms with van der Waals surface area (Å²) in [6, 6.07) is 3.85. The number of likely N-dealkylation sites (N-methyl/N-ethyl adjacent to an activating group) is 1. The number of aliphatic hydroxyl groups is 2. The van der Waals surface area contributed by atoms with Crippen LogP contribution in [0, 0.1) is 18.8 Å². The molecule has 2 N–H and O–H groups in total. The fraction of sp³-hybridized carbons (Fsp3) is 0.688. The smallest absolute Gasteiger partial charge is 0.263 e. The number of hydrogen-bond acceptors (Lipinski definition) is 5. The normalized spacial score (nSPS) is 21.8. The fourth-order valence-electron chi connectivity index (χ4n) is 3.08. The van der Waals surface area contributed by atoms with Crippen molar-refractivity contribution in [2.24, 2.45) is 11.8 Å². The van der Waals surface area contributed by atoms with Crippen LogP contribution in [0.25, 0.3) is 0 Å². The number of carbonyl (C=O) groups excluding carboxylic acids is 1. The zero-order valence-electron chi connectivity index (χ0n) is 13.4. The van der Waals surface area contributed by atoms with Crippen LogP contribution in [-0.4, -0.2) is 71.9 Å². The topological polar surface area (TPSA) is 64.0 Å². The molecule has 5 nitrogen and oxygen atoms in total. The summed E-state index contributed by atoms with van der Waals surface area (Å²) >= 11 is 1.52. The first-order valence-corrected chi connectivity index (χ1v) is 8.70. The molecule has 1 aliphatic heterocycles. The number of likely N-dealkylation sites (tertiary alicyclic amines) is 1. The maximum atomic E-state index is 12.5. The molecular formula is C16H26N2O3S. The molecule has 22 heavy (non-hydrogen) atoms. The lowest BCUT2D eigenvalue weighted by molar-refractivity contribution is 0.0783. The zero-order valence-corrected chi connectivity index (χ0v) is 14.2. The Hall–Kier alpha value is -0.950. The van der Waals surface area contributed by atoms with Crippen molar-refractivity contribution < 1.29 is 15.0 Å². The number of amides is 1. The van der Waals surface area contributed by atoms with E-state index in [4.69, 9.17) is 5.11 Å². The van der Waals surface area contributed by atoms with Crippen molar-refractivity contribution in [2.75, 3.05) is 45.9 Å². The summed E-state index contributed by atoms with van der Waals surface area (Å²) < 4.78 is 0. The molecule has 124 valence electrons. The summed E-state index contributed by atoms with van der Waals surface area (Å²) in [5.74, 6) is 0.462. The van der Waals surface area contributed by atoms with E-state index in [1.807, 2.05) is 24.0 Å². The first-order valence-electron chi connectivity index (χ1n) is 7.88. The van der Waals surface area contributed by atoms with Crippen LogP contribution in [0.1, 0.15) is 21.5 Å². The quantitative estimate of drug-likeness (QED) is 0.786. The number of nitrogens with zero attached hydrogens (tertiary/aromatic N) is 2. The third-order valence-electron chi connectivity index (χ3n) is 4.41. The number of aliphatic hydroxyl groups excluding tert-OH is 2. The van der Waals surface area contributed by atoms with Crippen LogP contribution in [0.3, 0.4) is 0 Å². The standard InChI is InChI=1S/C16H26N2O3S/c1-3-17(6-7-19)8-13-9-18(10-14(13)11-20)16(21)15-5-4-12(2)22-15/h4-5,13-14,19-20H,3,6-11H2,1-2H3/t13-,14-/m1/s1. The monoisotopic (exact) mass is 326 g/mol. The van der Waals surface area contributed by atoms with Gasteiger partial charge in [-0.05, 0) is 31.5 Å². The third kappa shape index (κ3) is 4.07. The predicted octanol–water partition coefficient (Wildman–Crippen LogP) is 1.05. The van der Waals surface area contributed by atoms with Crippen molar-refractivity contribution in [1.29, 1.82) is 0 Å². The Kier molecular flexibility index (Phi) is 6.37. The second-order valence-corrected chi connectivity index (χ2v) is 7.23. The van der Waals surface area contributed by atoms with Crippen LogP contribution < -0.4 is 0 Å². The highest BCUT2D eigenvalue weighted by Gasteiger charge is 2.36. The number of thiophene rings is 1. The SMILES string of the molecule is CCN(CCO)C[C@@H]1CN(C(=O)c2ccc(C)s2)C[C@@H]1CO. The Morgan fingerprint density at radius 3 is 2.64 bits per heavy atom. The van der Waals surface area contributed by atoms with Gasteiger partial charge in [0.05, 0.1) is 11.5 Å². The molecule has 2 rings (SSSR count). The third-order valence-corrected chi connectivity index (χ3v) is 5.39. The molecule has 1 saturated heterocycles. The van der Waals surface area contributed by atoms with E-state index < -0.39 is 0 Å². The van der Waals surface area contributed by atoms with Gasteiger partial charge in [0.25, 0.3) is 5.91 Å². The number of aryl methyl sites for hydroxylation is 1. The second kappa shape index (κ2) is 8.06. The van der Waals surface area contributed by atoms with E-state index in [0.29, 0.717) is 19.6 Å². The van der Waals surface area contributed by atoms with E-state index in [0.717, 1.165) is 22.8 Å². The van der Waals surface area contributed by atoms with E-state index in [1.54, 1.807) is 0 Å². The van der Waals surface area contributed by atoms with Crippen molar-refractivity contribution in [3.05, 3.63) is 21.9 Å².